The molecular formula is C20H21Cl2N3O2S. The topological polar surface area (TPSA) is 64.0 Å². The highest BCUT2D eigenvalue weighted by atomic mass is 35.5. The third-order valence-corrected chi connectivity index (χ3v) is 6.06. The van der Waals surface area contributed by atoms with E-state index < -0.39 is 10.0 Å². The maximum absolute atomic E-state index is 12.6. The minimum Gasteiger partial charge on any atom is -0.266 e. The van der Waals surface area contributed by atoms with Crippen molar-refractivity contribution in [1.29, 1.82) is 0 Å². The molecule has 0 atom stereocenters. The number of aromatic nitrogens is 2. The minimum absolute atomic E-state index is 0.204. The van der Waals surface area contributed by atoms with Crippen molar-refractivity contribution in [2.75, 3.05) is 4.72 Å². The van der Waals surface area contributed by atoms with Gasteiger partial charge in [0.25, 0.3) is 10.0 Å². The zero-order chi connectivity index (χ0) is 20.3. The maximum atomic E-state index is 12.6. The van der Waals surface area contributed by atoms with E-state index in [-0.39, 0.29) is 10.7 Å². The van der Waals surface area contributed by atoms with Crippen LogP contribution in [0.15, 0.2) is 59.6 Å². The number of nitrogens with zero attached hydrogens (tertiary/aromatic N) is 2. The molecule has 0 fully saturated rings. The average Bonchev–Trinajstić information content (AvgIpc) is 3.03. The van der Waals surface area contributed by atoms with Crippen LogP contribution in [0, 0.1) is 5.92 Å². The summed E-state index contributed by atoms with van der Waals surface area (Å²) >= 11 is 12.1. The zero-order valence-electron chi connectivity index (χ0n) is 15.6. The maximum Gasteiger partial charge on any atom is 0.263 e. The predicted molar refractivity (Wildman–Crippen MR) is 114 cm³/mol. The number of nitrogens with one attached hydrogen (secondary N) is 1. The molecule has 0 aliphatic carbocycles. The van der Waals surface area contributed by atoms with Crippen LogP contribution in [0.25, 0.3) is 0 Å². The highest BCUT2D eigenvalue weighted by Gasteiger charge is 2.16. The Morgan fingerprint density at radius 1 is 1.07 bits per heavy atom. The number of hydrogen-bond acceptors (Lipinski definition) is 3. The van der Waals surface area contributed by atoms with Crippen molar-refractivity contribution in [3.05, 3.63) is 75.9 Å². The molecule has 148 valence electrons. The van der Waals surface area contributed by atoms with E-state index in [4.69, 9.17) is 23.2 Å². The summed E-state index contributed by atoms with van der Waals surface area (Å²) in [7, 11) is -3.70. The van der Waals surface area contributed by atoms with Crippen LogP contribution in [0.4, 0.5) is 5.82 Å². The normalized spacial score (nSPS) is 11.8. The predicted octanol–water partition coefficient (Wildman–Crippen LogP) is 5.24. The Kier molecular flexibility index (Phi) is 6.33. The first kappa shape index (κ1) is 20.7. The molecule has 0 bridgehead atoms. The van der Waals surface area contributed by atoms with E-state index in [0.717, 1.165) is 17.5 Å². The largest absolute Gasteiger partial charge is 0.266 e. The van der Waals surface area contributed by atoms with E-state index in [1.807, 2.05) is 18.2 Å². The molecule has 0 saturated heterocycles. The van der Waals surface area contributed by atoms with Gasteiger partial charge in [0, 0.05) is 22.3 Å². The summed E-state index contributed by atoms with van der Waals surface area (Å²) in [5, 5.41) is 5.36. The van der Waals surface area contributed by atoms with Gasteiger partial charge >= 0.3 is 0 Å². The molecule has 3 rings (SSSR count). The van der Waals surface area contributed by atoms with E-state index in [9.17, 15) is 8.42 Å². The van der Waals surface area contributed by atoms with Gasteiger partial charge in [-0.15, -0.1) is 0 Å². The summed E-state index contributed by atoms with van der Waals surface area (Å²) in [6, 6.07) is 13.7. The van der Waals surface area contributed by atoms with Crippen LogP contribution < -0.4 is 4.72 Å². The monoisotopic (exact) mass is 437 g/mol. The number of hydrogen-bond donors (Lipinski definition) is 1. The Hall–Kier alpha value is -2.02. The molecular weight excluding hydrogens is 417 g/mol. The molecule has 0 saturated carbocycles. The molecule has 8 heteroatoms. The summed E-state index contributed by atoms with van der Waals surface area (Å²) in [5.74, 6) is 0.759. The summed E-state index contributed by atoms with van der Waals surface area (Å²) in [4.78, 5) is 0.204. The Morgan fingerprint density at radius 2 is 1.79 bits per heavy atom. The molecule has 2 aromatic carbocycles. The SMILES string of the molecule is CC(C)Cc1ccc(S(=O)(=O)Nc2ccn(Cc3ccc(Cl)cc3Cl)n2)cc1. The molecule has 0 unspecified atom stereocenters. The molecule has 1 heterocycles. The van der Waals surface area contributed by atoms with Gasteiger partial charge < -0.3 is 0 Å². The fourth-order valence-corrected chi connectivity index (χ4v) is 4.27. The van der Waals surface area contributed by atoms with Crippen LogP contribution in [0.5, 0.6) is 0 Å². The second-order valence-corrected chi connectivity index (χ2v) is 9.51. The number of halogens is 2. The quantitative estimate of drug-likeness (QED) is 0.549. The van der Waals surface area contributed by atoms with Crippen LogP contribution in [0.2, 0.25) is 10.0 Å². The van der Waals surface area contributed by atoms with Gasteiger partial charge in [-0.3, -0.25) is 9.40 Å². The highest BCUT2D eigenvalue weighted by Crippen LogP contribution is 2.22. The van der Waals surface area contributed by atoms with Gasteiger partial charge in [0.05, 0.1) is 11.4 Å². The van der Waals surface area contributed by atoms with E-state index in [0.29, 0.717) is 22.5 Å². The second-order valence-electron chi connectivity index (χ2n) is 6.98. The lowest BCUT2D eigenvalue weighted by Crippen LogP contribution is -2.14. The number of rotatable bonds is 7. The second kappa shape index (κ2) is 8.55. The van der Waals surface area contributed by atoms with Gasteiger partial charge in [-0.05, 0) is 47.7 Å². The lowest BCUT2D eigenvalue weighted by molar-refractivity contribution is 0.600. The van der Waals surface area contributed by atoms with E-state index >= 15 is 0 Å². The summed E-state index contributed by atoms with van der Waals surface area (Å²) in [5.41, 5.74) is 1.95. The molecule has 0 aliphatic heterocycles. The van der Waals surface area contributed by atoms with Crippen LogP contribution in [0.1, 0.15) is 25.0 Å². The summed E-state index contributed by atoms with van der Waals surface area (Å²) in [6.07, 6.45) is 2.60. The van der Waals surface area contributed by atoms with Crippen molar-refractivity contribution in [3.8, 4) is 0 Å². The first-order chi connectivity index (χ1) is 13.2. The lowest BCUT2D eigenvalue weighted by Gasteiger charge is -2.08. The van der Waals surface area contributed by atoms with Crippen LogP contribution in [0.3, 0.4) is 0 Å². The van der Waals surface area contributed by atoms with Crippen molar-refractivity contribution in [3.63, 3.8) is 0 Å². The molecule has 0 radical (unpaired) electrons. The van der Waals surface area contributed by atoms with Crippen molar-refractivity contribution in [2.24, 2.45) is 5.92 Å². The van der Waals surface area contributed by atoms with Gasteiger partial charge in [-0.1, -0.05) is 55.2 Å². The first-order valence-electron chi connectivity index (χ1n) is 8.82. The first-order valence-corrected chi connectivity index (χ1v) is 11.1. The standard InChI is InChI=1S/C20H21Cl2N3O2S/c1-14(2)11-15-3-7-18(8-4-15)28(26,27)24-20-9-10-25(23-20)13-16-5-6-17(21)12-19(16)22/h3-10,12,14H,11,13H2,1-2H3,(H,23,24). The summed E-state index contributed by atoms with van der Waals surface area (Å²) in [6.45, 7) is 4.65. The molecule has 0 amide bonds. The van der Waals surface area contributed by atoms with Gasteiger partial charge in [0.15, 0.2) is 5.82 Å². The van der Waals surface area contributed by atoms with Crippen molar-refractivity contribution in [2.45, 2.75) is 31.7 Å². The fraction of sp³-hybridized carbons (Fsp3) is 0.250. The van der Waals surface area contributed by atoms with Gasteiger partial charge in [0.1, 0.15) is 0 Å². The molecule has 1 aromatic heterocycles. The van der Waals surface area contributed by atoms with Crippen molar-refractivity contribution >= 4 is 39.0 Å². The molecule has 3 aromatic rings. The molecule has 0 spiro atoms. The number of sulfonamides is 1. The Labute approximate surface area is 175 Å². The highest BCUT2D eigenvalue weighted by molar-refractivity contribution is 7.92. The molecule has 0 aliphatic rings. The van der Waals surface area contributed by atoms with E-state index in [1.54, 1.807) is 41.2 Å². The Balaban J connectivity index is 1.71. The molecule has 28 heavy (non-hydrogen) atoms. The molecule has 1 N–H and O–H groups in total. The average molecular weight is 438 g/mol. The fourth-order valence-electron chi connectivity index (χ4n) is 2.80. The minimum atomic E-state index is -3.70. The third-order valence-electron chi connectivity index (χ3n) is 4.10. The van der Waals surface area contributed by atoms with Gasteiger partial charge in [-0.25, -0.2) is 8.42 Å². The van der Waals surface area contributed by atoms with Crippen LogP contribution in [-0.2, 0) is 23.0 Å². The number of benzene rings is 2. The van der Waals surface area contributed by atoms with Gasteiger partial charge in [-0.2, -0.15) is 5.10 Å². The third kappa shape index (κ3) is 5.28. The summed E-state index contributed by atoms with van der Waals surface area (Å²) < 4.78 is 29.3. The smallest absolute Gasteiger partial charge is 0.263 e. The van der Waals surface area contributed by atoms with Crippen molar-refractivity contribution < 1.29 is 8.42 Å². The van der Waals surface area contributed by atoms with E-state index in [1.165, 1.54) is 0 Å². The molecule has 5 nitrogen and oxygen atoms in total. The van der Waals surface area contributed by atoms with Gasteiger partial charge in [0.2, 0.25) is 0 Å². The van der Waals surface area contributed by atoms with Crippen LogP contribution >= 0.6 is 23.2 Å². The zero-order valence-corrected chi connectivity index (χ0v) is 17.9. The van der Waals surface area contributed by atoms with Crippen molar-refractivity contribution in [1.82, 2.24) is 9.78 Å². The van der Waals surface area contributed by atoms with E-state index in [2.05, 4.69) is 23.7 Å². The Morgan fingerprint density at radius 3 is 2.43 bits per heavy atom. The Bertz CT molecular complexity index is 1060. The lowest BCUT2D eigenvalue weighted by atomic mass is 10.0. The number of anilines is 1. The van der Waals surface area contributed by atoms with Crippen LogP contribution in [-0.4, -0.2) is 18.2 Å².